The highest BCUT2D eigenvalue weighted by Gasteiger charge is 2.35. The number of aromatic nitrogens is 1. The van der Waals surface area contributed by atoms with Crippen molar-refractivity contribution in [2.75, 3.05) is 38.0 Å². The maximum atomic E-state index is 13.2. The minimum atomic E-state index is -0.830. The Bertz CT molecular complexity index is 1010. The van der Waals surface area contributed by atoms with Gasteiger partial charge < -0.3 is 15.3 Å². The number of carboxylic acid groups (broad SMARTS) is 1. The first kappa shape index (κ1) is 22.8. The minimum Gasteiger partial charge on any atom is -0.480 e. The van der Waals surface area contributed by atoms with Gasteiger partial charge in [0.2, 0.25) is 5.91 Å². The zero-order valence-corrected chi connectivity index (χ0v) is 19.7. The molecule has 1 aromatic carbocycles. The predicted octanol–water partition coefficient (Wildman–Crippen LogP) is 3.68. The Morgan fingerprint density at radius 3 is 2.41 bits per heavy atom. The van der Waals surface area contributed by atoms with Gasteiger partial charge in [-0.3, -0.25) is 14.5 Å². The van der Waals surface area contributed by atoms with Crippen LogP contribution in [0.25, 0.3) is 0 Å². The van der Waals surface area contributed by atoms with Gasteiger partial charge in [-0.2, -0.15) is 0 Å². The van der Waals surface area contributed by atoms with Gasteiger partial charge in [0, 0.05) is 50.3 Å². The highest BCUT2D eigenvalue weighted by Crippen LogP contribution is 2.32. The number of rotatable bonds is 5. The molecular formula is C27H34N4O3. The third kappa shape index (κ3) is 4.80. The summed E-state index contributed by atoms with van der Waals surface area (Å²) in [6.07, 6.45) is 5.59. The zero-order valence-electron chi connectivity index (χ0n) is 19.7. The summed E-state index contributed by atoms with van der Waals surface area (Å²) in [5.41, 5.74) is 3.26. The van der Waals surface area contributed by atoms with E-state index in [4.69, 9.17) is 4.98 Å². The van der Waals surface area contributed by atoms with Crippen molar-refractivity contribution in [3.05, 3.63) is 59.3 Å². The molecule has 0 unspecified atom stereocenters. The number of pyridine rings is 1. The number of hydrogen-bond donors (Lipinski definition) is 2. The molecule has 2 saturated heterocycles. The molecule has 0 saturated carbocycles. The number of anilines is 1. The van der Waals surface area contributed by atoms with E-state index >= 15 is 0 Å². The second-order valence-corrected chi connectivity index (χ2v) is 9.84. The number of aryl methyl sites for hydroxylation is 1. The zero-order chi connectivity index (χ0) is 23.5. The number of benzene rings is 1. The Labute approximate surface area is 201 Å². The maximum Gasteiger partial charge on any atom is 0.325 e. The monoisotopic (exact) mass is 462 g/mol. The molecule has 4 heterocycles. The van der Waals surface area contributed by atoms with Gasteiger partial charge in [-0.25, -0.2) is 4.98 Å². The van der Waals surface area contributed by atoms with Gasteiger partial charge in [0.25, 0.3) is 0 Å². The molecule has 34 heavy (non-hydrogen) atoms. The molecule has 2 N–H and O–H groups in total. The number of likely N-dealkylation sites (tertiary alicyclic amines) is 2. The van der Waals surface area contributed by atoms with E-state index in [9.17, 15) is 14.7 Å². The van der Waals surface area contributed by atoms with Crippen molar-refractivity contribution in [3.63, 3.8) is 0 Å². The number of amides is 1. The first-order valence-corrected chi connectivity index (χ1v) is 12.6. The van der Waals surface area contributed by atoms with Crippen molar-refractivity contribution in [2.45, 2.75) is 50.5 Å². The molecule has 2 aromatic rings. The van der Waals surface area contributed by atoms with E-state index in [1.54, 1.807) is 0 Å². The van der Waals surface area contributed by atoms with E-state index in [-0.39, 0.29) is 11.8 Å². The molecule has 0 radical (unpaired) electrons. The van der Waals surface area contributed by atoms with Gasteiger partial charge in [-0.1, -0.05) is 36.4 Å². The van der Waals surface area contributed by atoms with Crippen molar-refractivity contribution in [1.82, 2.24) is 14.8 Å². The summed E-state index contributed by atoms with van der Waals surface area (Å²) in [5, 5.41) is 13.2. The fourth-order valence-corrected chi connectivity index (χ4v) is 5.77. The van der Waals surface area contributed by atoms with E-state index in [1.807, 2.05) is 40.1 Å². The molecular weight excluding hydrogens is 428 g/mol. The fraction of sp³-hybridized carbons (Fsp3) is 0.519. The van der Waals surface area contributed by atoms with Crippen LogP contribution in [-0.2, 0) is 16.0 Å². The standard InChI is InChI=1S/C27H34N4O3/c32-26(22-12-15-30(16-13-22)24(27(33)34)20-5-2-1-3-6-20)31-17-10-19(11-18-31)23-9-8-21-7-4-14-28-25(21)29-23/h1-3,5-6,8-9,19,22,24H,4,7,10-18H2,(H,28,29)(H,33,34)/t24-/m1/s1. The Hall–Kier alpha value is -2.93. The summed E-state index contributed by atoms with van der Waals surface area (Å²) in [4.78, 5) is 34.1. The lowest BCUT2D eigenvalue weighted by atomic mass is 9.89. The Kier molecular flexibility index (Phi) is 6.81. The van der Waals surface area contributed by atoms with Crippen molar-refractivity contribution in [1.29, 1.82) is 0 Å². The number of nitrogens with zero attached hydrogens (tertiary/aromatic N) is 3. The van der Waals surface area contributed by atoms with E-state index in [1.165, 1.54) is 5.56 Å². The molecule has 0 aliphatic carbocycles. The summed E-state index contributed by atoms with van der Waals surface area (Å²) < 4.78 is 0. The third-order valence-electron chi connectivity index (χ3n) is 7.73. The van der Waals surface area contributed by atoms with Crippen LogP contribution in [0.5, 0.6) is 0 Å². The SMILES string of the molecule is O=C(O)[C@@H](c1ccccc1)N1CCC(C(=O)N2CCC(c3ccc4c(n3)NCCC4)CC2)CC1. The van der Waals surface area contributed by atoms with Gasteiger partial charge in [0.05, 0.1) is 0 Å². The van der Waals surface area contributed by atoms with Crippen molar-refractivity contribution in [2.24, 2.45) is 5.92 Å². The number of nitrogens with one attached hydrogen (secondary N) is 1. The normalized spacial score (nSPS) is 20.9. The van der Waals surface area contributed by atoms with E-state index in [0.717, 1.165) is 62.4 Å². The van der Waals surface area contributed by atoms with E-state index in [2.05, 4.69) is 17.4 Å². The predicted molar refractivity (Wildman–Crippen MR) is 131 cm³/mol. The molecule has 7 nitrogen and oxygen atoms in total. The second-order valence-electron chi connectivity index (χ2n) is 9.84. The molecule has 5 rings (SSSR count). The van der Waals surface area contributed by atoms with Crippen LogP contribution in [0.3, 0.4) is 0 Å². The summed E-state index contributed by atoms with van der Waals surface area (Å²) in [6.45, 7) is 3.80. The molecule has 1 aromatic heterocycles. The van der Waals surface area contributed by atoms with Crippen LogP contribution in [-0.4, -0.2) is 64.5 Å². The number of carbonyl (C=O) groups is 2. The average Bonchev–Trinajstić information content (AvgIpc) is 2.89. The van der Waals surface area contributed by atoms with Gasteiger partial charge in [0.15, 0.2) is 0 Å². The first-order chi connectivity index (χ1) is 16.6. The largest absolute Gasteiger partial charge is 0.480 e. The van der Waals surface area contributed by atoms with Gasteiger partial charge in [-0.15, -0.1) is 0 Å². The van der Waals surface area contributed by atoms with Crippen molar-refractivity contribution >= 4 is 17.7 Å². The first-order valence-electron chi connectivity index (χ1n) is 12.6. The van der Waals surface area contributed by atoms with Gasteiger partial charge in [0.1, 0.15) is 11.9 Å². The van der Waals surface area contributed by atoms with Crippen molar-refractivity contribution in [3.8, 4) is 0 Å². The Morgan fingerprint density at radius 1 is 0.971 bits per heavy atom. The molecule has 0 bridgehead atoms. The lowest BCUT2D eigenvalue weighted by molar-refractivity contribution is -0.145. The van der Waals surface area contributed by atoms with E-state index in [0.29, 0.717) is 31.8 Å². The summed E-state index contributed by atoms with van der Waals surface area (Å²) in [6, 6.07) is 13.1. The van der Waals surface area contributed by atoms with Gasteiger partial charge >= 0.3 is 5.97 Å². The topological polar surface area (TPSA) is 85.8 Å². The third-order valence-corrected chi connectivity index (χ3v) is 7.73. The average molecular weight is 463 g/mol. The highest BCUT2D eigenvalue weighted by atomic mass is 16.4. The molecule has 3 aliphatic rings. The number of piperidine rings is 2. The molecule has 0 spiro atoms. The van der Waals surface area contributed by atoms with Crippen LogP contribution in [0.15, 0.2) is 42.5 Å². The summed E-state index contributed by atoms with van der Waals surface area (Å²) in [5.74, 6) is 0.851. The molecule has 3 aliphatic heterocycles. The number of hydrogen-bond acceptors (Lipinski definition) is 5. The molecule has 1 atom stereocenters. The lowest BCUT2D eigenvalue weighted by Gasteiger charge is -2.39. The maximum absolute atomic E-state index is 13.2. The molecule has 7 heteroatoms. The second kappa shape index (κ2) is 10.1. The van der Waals surface area contributed by atoms with E-state index < -0.39 is 12.0 Å². The molecule has 2 fully saturated rings. The van der Waals surface area contributed by atoms with Crippen LogP contribution in [0.1, 0.15) is 60.9 Å². The summed E-state index contributed by atoms with van der Waals surface area (Å²) >= 11 is 0. The van der Waals surface area contributed by atoms with Crippen LogP contribution in [0, 0.1) is 5.92 Å². The highest BCUT2D eigenvalue weighted by molar-refractivity contribution is 5.79. The number of carboxylic acids is 1. The van der Waals surface area contributed by atoms with Crippen LogP contribution < -0.4 is 5.32 Å². The van der Waals surface area contributed by atoms with Gasteiger partial charge in [-0.05, 0) is 55.7 Å². The van der Waals surface area contributed by atoms with Crippen LogP contribution in [0.4, 0.5) is 5.82 Å². The number of aliphatic carboxylic acids is 1. The fourth-order valence-electron chi connectivity index (χ4n) is 5.77. The minimum absolute atomic E-state index is 0.0101. The summed E-state index contributed by atoms with van der Waals surface area (Å²) in [7, 11) is 0. The Morgan fingerprint density at radius 2 is 1.71 bits per heavy atom. The van der Waals surface area contributed by atoms with Crippen molar-refractivity contribution < 1.29 is 14.7 Å². The number of fused-ring (bicyclic) bond motifs is 1. The Balaban J connectivity index is 1.14. The van der Waals surface area contributed by atoms with Crippen LogP contribution >= 0.6 is 0 Å². The lowest BCUT2D eigenvalue weighted by Crippen LogP contribution is -2.46. The quantitative estimate of drug-likeness (QED) is 0.705. The molecule has 180 valence electrons. The van der Waals surface area contributed by atoms with Crippen LogP contribution in [0.2, 0.25) is 0 Å². The smallest absolute Gasteiger partial charge is 0.325 e. The molecule has 1 amide bonds. The number of carbonyl (C=O) groups excluding carboxylic acids is 1.